The van der Waals surface area contributed by atoms with E-state index < -0.39 is 15.6 Å². The molecule has 3 aromatic rings. The molecule has 0 aliphatic carbocycles. The lowest BCUT2D eigenvalue weighted by atomic mass is 9.88. The second kappa shape index (κ2) is 5.66. The molecule has 1 aliphatic rings. The monoisotopic (exact) mass is 385 g/mol. The molecule has 140 valence electrons. The molecule has 2 aromatic carbocycles. The summed E-state index contributed by atoms with van der Waals surface area (Å²) in [6.45, 7) is 1.61. The minimum Gasteiger partial charge on any atom is -0.494 e. The SMILES string of the molecule is CN(C)S(=O)(=O)c1ccc2[nH]c(O)c(C3=Nc4ccccc4C3(C)O)c2c1. The van der Waals surface area contributed by atoms with Crippen LogP contribution in [0.4, 0.5) is 5.69 Å². The van der Waals surface area contributed by atoms with E-state index in [9.17, 15) is 18.6 Å². The van der Waals surface area contributed by atoms with Crippen molar-refractivity contribution in [2.75, 3.05) is 14.1 Å². The number of aromatic nitrogens is 1. The maximum atomic E-state index is 12.5. The topological polar surface area (TPSA) is 106 Å². The van der Waals surface area contributed by atoms with Gasteiger partial charge in [0.25, 0.3) is 0 Å². The lowest BCUT2D eigenvalue weighted by molar-refractivity contribution is 0.137. The maximum Gasteiger partial charge on any atom is 0.242 e. The fraction of sp³-hybridized carbons (Fsp3) is 0.211. The number of para-hydroxylation sites is 1. The molecule has 2 heterocycles. The molecule has 4 rings (SSSR count). The molecule has 1 aliphatic heterocycles. The van der Waals surface area contributed by atoms with E-state index in [1.807, 2.05) is 12.1 Å². The van der Waals surface area contributed by atoms with Gasteiger partial charge in [-0.25, -0.2) is 17.7 Å². The van der Waals surface area contributed by atoms with Crippen molar-refractivity contribution in [2.24, 2.45) is 4.99 Å². The molecule has 8 heteroatoms. The number of H-pyrrole nitrogens is 1. The van der Waals surface area contributed by atoms with Crippen LogP contribution in [0.3, 0.4) is 0 Å². The number of hydrogen-bond acceptors (Lipinski definition) is 5. The highest BCUT2D eigenvalue weighted by Crippen LogP contribution is 2.44. The number of benzene rings is 2. The summed E-state index contributed by atoms with van der Waals surface area (Å²) in [6, 6.07) is 11.7. The maximum absolute atomic E-state index is 12.5. The Hall–Kier alpha value is -2.68. The van der Waals surface area contributed by atoms with Gasteiger partial charge in [-0.2, -0.15) is 0 Å². The predicted octanol–water partition coefficient (Wildman–Crippen LogP) is 2.47. The van der Waals surface area contributed by atoms with Crippen molar-refractivity contribution < 1.29 is 18.6 Å². The number of aromatic hydroxyl groups is 1. The molecular formula is C19H19N3O4S. The molecule has 0 spiro atoms. The number of aromatic amines is 1. The van der Waals surface area contributed by atoms with Gasteiger partial charge in [0.05, 0.1) is 21.9 Å². The Morgan fingerprint density at radius 1 is 1.15 bits per heavy atom. The zero-order valence-corrected chi connectivity index (χ0v) is 15.9. The molecule has 1 atom stereocenters. The first-order chi connectivity index (χ1) is 12.6. The highest BCUT2D eigenvalue weighted by molar-refractivity contribution is 7.89. The summed E-state index contributed by atoms with van der Waals surface area (Å²) in [5, 5.41) is 22.1. The van der Waals surface area contributed by atoms with E-state index in [1.54, 1.807) is 25.1 Å². The van der Waals surface area contributed by atoms with E-state index in [1.165, 1.54) is 26.2 Å². The first-order valence-electron chi connectivity index (χ1n) is 8.32. The van der Waals surface area contributed by atoms with Crippen molar-refractivity contribution in [3.8, 4) is 5.88 Å². The summed E-state index contributed by atoms with van der Waals surface area (Å²) in [7, 11) is -0.735. The van der Waals surface area contributed by atoms with Crippen LogP contribution in [0.15, 0.2) is 52.4 Å². The van der Waals surface area contributed by atoms with Crippen LogP contribution in [0.1, 0.15) is 18.1 Å². The van der Waals surface area contributed by atoms with Crippen molar-refractivity contribution in [2.45, 2.75) is 17.4 Å². The quantitative estimate of drug-likeness (QED) is 0.644. The molecule has 0 radical (unpaired) electrons. The first kappa shape index (κ1) is 17.7. The van der Waals surface area contributed by atoms with Gasteiger partial charge in [0, 0.05) is 30.6 Å². The molecular weight excluding hydrogens is 366 g/mol. The van der Waals surface area contributed by atoms with Crippen LogP contribution in [0.2, 0.25) is 0 Å². The second-order valence-corrected chi connectivity index (χ2v) is 9.05. The summed E-state index contributed by atoms with van der Waals surface area (Å²) in [6.07, 6.45) is 0. The van der Waals surface area contributed by atoms with Crippen LogP contribution >= 0.6 is 0 Å². The Morgan fingerprint density at radius 3 is 2.52 bits per heavy atom. The Labute approximate surface area is 156 Å². The number of nitrogens with zero attached hydrogens (tertiary/aromatic N) is 2. The summed E-state index contributed by atoms with van der Waals surface area (Å²) < 4.78 is 26.1. The molecule has 0 fully saturated rings. The molecule has 0 saturated carbocycles. The molecule has 3 N–H and O–H groups in total. The molecule has 0 saturated heterocycles. The third-order valence-corrected chi connectivity index (χ3v) is 6.70. The van der Waals surface area contributed by atoms with E-state index in [0.29, 0.717) is 27.7 Å². The normalized spacial score (nSPS) is 19.5. The summed E-state index contributed by atoms with van der Waals surface area (Å²) >= 11 is 0. The lowest BCUT2D eigenvalue weighted by Crippen LogP contribution is -2.29. The van der Waals surface area contributed by atoms with Crippen LogP contribution in [0, 0.1) is 0 Å². The number of hydrogen-bond donors (Lipinski definition) is 3. The van der Waals surface area contributed by atoms with E-state index in [0.717, 1.165) is 4.31 Å². The smallest absolute Gasteiger partial charge is 0.242 e. The van der Waals surface area contributed by atoms with E-state index >= 15 is 0 Å². The van der Waals surface area contributed by atoms with Crippen LogP contribution < -0.4 is 0 Å². The molecule has 7 nitrogen and oxygen atoms in total. The minimum atomic E-state index is -3.65. The average molecular weight is 385 g/mol. The number of nitrogens with one attached hydrogen (secondary N) is 1. The first-order valence-corrected chi connectivity index (χ1v) is 9.76. The lowest BCUT2D eigenvalue weighted by Gasteiger charge is -2.21. The van der Waals surface area contributed by atoms with Crippen LogP contribution in [-0.2, 0) is 15.6 Å². The van der Waals surface area contributed by atoms with Crippen LogP contribution in [0.5, 0.6) is 5.88 Å². The van der Waals surface area contributed by atoms with Crippen molar-refractivity contribution in [1.82, 2.24) is 9.29 Å². The van der Waals surface area contributed by atoms with Gasteiger partial charge in [0.15, 0.2) is 5.88 Å². The third kappa shape index (κ3) is 2.48. The van der Waals surface area contributed by atoms with Gasteiger partial charge in [0.2, 0.25) is 10.0 Å². The molecule has 27 heavy (non-hydrogen) atoms. The van der Waals surface area contributed by atoms with Gasteiger partial charge in [0.1, 0.15) is 5.60 Å². The van der Waals surface area contributed by atoms with Crippen LogP contribution in [-0.4, -0.2) is 47.7 Å². The summed E-state index contributed by atoms with van der Waals surface area (Å²) in [5.74, 6) is -0.170. The fourth-order valence-corrected chi connectivity index (χ4v) is 4.34. The van der Waals surface area contributed by atoms with Gasteiger partial charge in [-0.15, -0.1) is 0 Å². The molecule has 0 bridgehead atoms. The molecule has 1 unspecified atom stereocenters. The standard InChI is InChI=1S/C19H19N3O4S/c1-19(24)13-6-4-5-7-15(13)20-17(19)16-12-10-11(27(25,26)22(2)3)8-9-14(12)21-18(16)23/h4-10,21,23-24H,1-3H3. The van der Waals surface area contributed by atoms with Gasteiger partial charge in [-0.1, -0.05) is 18.2 Å². The Balaban J connectivity index is 1.97. The minimum absolute atomic E-state index is 0.0935. The van der Waals surface area contributed by atoms with Gasteiger partial charge >= 0.3 is 0 Å². The van der Waals surface area contributed by atoms with Crippen molar-refractivity contribution in [1.29, 1.82) is 0 Å². The zero-order valence-electron chi connectivity index (χ0n) is 15.1. The highest BCUT2D eigenvalue weighted by atomic mass is 32.2. The molecule has 1 aromatic heterocycles. The molecule has 0 amide bonds. The third-order valence-electron chi connectivity index (χ3n) is 4.89. The average Bonchev–Trinajstić information content (AvgIpc) is 3.07. The summed E-state index contributed by atoms with van der Waals surface area (Å²) in [4.78, 5) is 7.44. The Bertz CT molecular complexity index is 1210. The number of aliphatic imine (C=N–C) groups is 1. The fourth-order valence-electron chi connectivity index (χ4n) is 3.41. The van der Waals surface area contributed by atoms with Gasteiger partial charge < -0.3 is 15.2 Å². The zero-order chi connectivity index (χ0) is 19.6. The van der Waals surface area contributed by atoms with E-state index in [-0.39, 0.29) is 16.5 Å². The van der Waals surface area contributed by atoms with Crippen molar-refractivity contribution in [3.63, 3.8) is 0 Å². The summed E-state index contributed by atoms with van der Waals surface area (Å²) in [5.41, 5.74) is 0.942. The predicted molar refractivity (Wildman–Crippen MR) is 103 cm³/mol. The van der Waals surface area contributed by atoms with E-state index in [2.05, 4.69) is 9.98 Å². The highest BCUT2D eigenvalue weighted by Gasteiger charge is 2.40. The van der Waals surface area contributed by atoms with Gasteiger partial charge in [-0.3, -0.25) is 0 Å². The second-order valence-electron chi connectivity index (χ2n) is 6.89. The largest absolute Gasteiger partial charge is 0.494 e. The van der Waals surface area contributed by atoms with Crippen LogP contribution in [0.25, 0.3) is 10.9 Å². The number of fused-ring (bicyclic) bond motifs is 2. The van der Waals surface area contributed by atoms with E-state index in [4.69, 9.17) is 0 Å². The number of aliphatic hydroxyl groups is 1. The number of sulfonamides is 1. The van der Waals surface area contributed by atoms with Gasteiger partial charge in [-0.05, 0) is 31.2 Å². The Morgan fingerprint density at radius 2 is 1.85 bits per heavy atom. The van der Waals surface area contributed by atoms with Crippen molar-refractivity contribution >= 4 is 32.3 Å². The van der Waals surface area contributed by atoms with Crippen molar-refractivity contribution in [3.05, 3.63) is 53.6 Å². The number of rotatable bonds is 3. The Kier molecular flexibility index (Phi) is 3.71.